The van der Waals surface area contributed by atoms with E-state index >= 15 is 0 Å². The number of ether oxygens (including phenoxy) is 2. The highest BCUT2D eigenvalue weighted by Crippen LogP contribution is 2.31. The fourth-order valence-electron chi connectivity index (χ4n) is 2.02. The molecule has 1 atom stereocenters. The van der Waals surface area contributed by atoms with Gasteiger partial charge in [0.2, 0.25) is 0 Å². The van der Waals surface area contributed by atoms with Gasteiger partial charge in [-0.05, 0) is 24.6 Å². The molecule has 0 saturated carbocycles. The number of carbonyl (C=O) groups is 1. The van der Waals surface area contributed by atoms with Crippen LogP contribution in [0.25, 0.3) is 0 Å². The summed E-state index contributed by atoms with van der Waals surface area (Å²) >= 11 is 0. The molecule has 0 radical (unpaired) electrons. The predicted octanol–water partition coefficient (Wildman–Crippen LogP) is 2.34. The molecule has 5 nitrogen and oxygen atoms in total. The minimum Gasteiger partial charge on any atom is -0.493 e. The molecule has 1 aromatic rings. The van der Waals surface area contributed by atoms with Gasteiger partial charge in [-0.1, -0.05) is 12.1 Å². The maximum Gasteiger partial charge on any atom is 0.317 e. The van der Waals surface area contributed by atoms with Crippen LogP contribution < -0.4 is 9.47 Å². The molecular weight excluding hydrogens is 258 g/mol. The maximum atomic E-state index is 10.9. The number of methoxy groups -OCH3 is 2. The highest BCUT2D eigenvalue weighted by atomic mass is 16.5. The fourth-order valence-corrected chi connectivity index (χ4v) is 2.02. The van der Waals surface area contributed by atoms with Gasteiger partial charge in [-0.2, -0.15) is 0 Å². The maximum absolute atomic E-state index is 10.9. The standard InChI is InChI=1S/C15H21NO4/c1-5-8-16(10-15(17)18)11(2)12-6-7-13(19-3)14(9-12)20-4/h5-7,9,11H,1,8,10H2,2-4H3,(H,17,18). The van der Waals surface area contributed by atoms with Crippen molar-refractivity contribution in [1.82, 2.24) is 4.90 Å². The number of hydrogen-bond donors (Lipinski definition) is 1. The molecule has 0 fully saturated rings. The van der Waals surface area contributed by atoms with Gasteiger partial charge in [0.05, 0.1) is 20.8 Å². The number of benzene rings is 1. The lowest BCUT2D eigenvalue weighted by atomic mass is 10.1. The molecule has 0 aliphatic heterocycles. The second kappa shape index (κ2) is 7.55. The smallest absolute Gasteiger partial charge is 0.317 e. The van der Waals surface area contributed by atoms with E-state index in [2.05, 4.69) is 6.58 Å². The van der Waals surface area contributed by atoms with Crippen LogP contribution in [0.4, 0.5) is 0 Å². The van der Waals surface area contributed by atoms with Crippen molar-refractivity contribution in [1.29, 1.82) is 0 Å². The van der Waals surface area contributed by atoms with Gasteiger partial charge >= 0.3 is 5.97 Å². The molecule has 20 heavy (non-hydrogen) atoms. The summed E-state index contributed by atoms with van der Waals surface area (Å²) in [6, 6.07) is 5.52. The van der Waals surface area contributed by atoms with Gasteiger partial charge in [0, 0.05) is 12.6 Å². The third-order valence-corrected chi connectivity index (χ3v) is 3.14. The van der Waals surface area contributed by atoms with E-state index in [-0.39, 0.29) is 12.6 Å². The van der Waals surface area contributed by atoms with Crippen molar-refractivity contribution in [3.8, 4) is 11.5 Å². The molecule has 0 amide bonds. The molecule has 110 valence electrons. The van der Waals surface area contributed by atoms with Crippen LogP contribution in [0.1, 0.15) is 18.5 Å². The predicted molar refractivity (Wildman–Crippen MR) is 77.4 cm³/mol. The summed E-state index contributed by atoms with van der Waals surface area (Å²) in [6.07, 6.45) is 1.69. The topological polar surface area (TPSA) is 59.0 Å². The summed E-state index contributed by atoms with van der Waals surface area (Å²) in [6.45, 7) is 6.08. The number of nitrogens with zero attached hydrogens (tertiary/aromatic N) is 1. The van der Waals surface area contributed by atoms with Crippen LogP contribution in [-0.4, -0.2) is 43.3 Å². The molecule has 1 unspecified atom stereocenters. The summed E-state index contributed by atoms with van der Waals surface area (Å²) < 4.78 is 10.5. The Morgan fingerprint density at radius 1 is 1.40 bits per heavy atom. The molecule has 0 aromatic heterocycles. The molecule has 0 spiro atoms. The highest BCUT2D eigenvalue weighted by molar-refractivity contribution is 5.69. The first kappa shape index (κ1) is 16.0. The normalized spacial score (nSPS) is 12.0. The molecule has 1 rings (SSSR count). The van der Waals surface area contributed by atoms with Crippen LogP contribution in [0, 0.1) is 0 Å². The fraction of sp³-hybridized carbons (Fsp3) is 0.400. The van der Waals surface area contributed by atoms with Crippen molar-refractivity contribution in [3.63, 3.8) is 0 Å². The molecule has 5 heteroatoms. The van der Waals surface area contributed by atoms with E-state index in [1.54, 1.807) is 20.3 Å². The number of carboxylic acids is 1. The largest absolute Gasteiger partial charge is 0.493 e. The van der Waals surface area contributed by atoms with Crippen LogP contribution >= 0.6 is 0 Å². The molecule has 0 saturated heterocycles. The van der Waals surface area contributed by atoms with E-state index in [0.29, 0.717) is 18.0 Å². The SMILES string of the molecule is C=CCN(CC(=O)O)C(C)c1ccc(OC)c(OC)c1. The van der Waals surface area contributed by atoms with E-state index < -0.39 is 5.97 Å². The van der Waals surface area contributed by atoms with Gasteiger partial charge in [-0.3, -0.25) is 9.69 Å². The minimum atomic E-state index is -0.862. The molecule has 1 N–H and O–H groups in total. The van der Waals surface area contributed by atoms with Crippen molar-refractivity contribution in [2.75, 3.05) is 27.3 Å². The van der Waals surface area contributed by atoms with E-state index in [9.17, 15) is 4.79 Å². The summed E-state index contributed by atoms with van der Waals surface area (Å²) in [5.41, 5.74) is 0.964. The van der Waals surface area contributed by atoms with Crippen molar-refractivity contribution in [2.24, 2.45) is 0 Å². The van der Waals surface area contributed by atoms with Gasteiger partial charge < -0.3 is 14.6 Å². The van der Waals surface area contributed by atoms with Gasteiger partial charge in [-0.15, -0.1) is 6.58 Å². The summed E-state index contributed by atoms with van der Waals surface area (Å²) in [5.74, 6) is 0.418. The lowest BCUT2D eigenvalue weighted by Crippen LogP contribution is -2.32. The first-order chi connectivity index (χ1) is 9.53. The van der Waals surface area contributed by atoms with Gasteiger partial charge in [0.1, 0.15) is 0 Å². The zero-order valence-electron chi connectivity index (χ0n) is 12.1. The number of rotatable bonds is 8. The number of aliphatic carboxylic acids is 1. The summed E-state index contributed by atoms with van der Waals surface area (Å²) in [5, 5.41) is 8.97. The Bertz CT molecular complexity index is 473. The first-order valence-electron chi connectivity index (χ1n) is 6.32. The lowest BCUT2D eigenvalue weighted by molar-refractivity contribution is -0.138. The number of carboxylic acid groups (broad SMARTS) is 1. The quantitative estimate of drug-likeness (QED) is 0.740. The lowest BCUT2D eigenvalue weighted by Gasteiger charge is -2.27. The van der Waals surface area contributed by atoms with E-state index in [1.165, 1.54) is 0 Å². The van der Waals surface area contributed by atoms with Gasteiger partial charge in [-0.25, -0.2) is 0 Å². The minimum absolute atomic E-state index is 0.0401. The van der Waals surface area contributed by atoms with E-state index in [4.69, 9.17) is 14.6 Å². The molecule has 0 bridgehead atoms. The zero-order chi connectivity index (χ0) is 15.1. The Kier molecular flexibility index (Phi) is 6.06. The Balaban J connectivity index is 3.01. The average Bonchev–Trinajstić information content (AvgIpc) is 2.44. The second-order valence-corrected chi connectivity index (χ2v) is 4.40. The van der Waals surface area contributed by atoms with Crippen molar-refractivity contribution in [3.05, 3.63) is 36.4 Å². The number of hydrogen-bond acceptors (Lipinski definition) is 4. The monoisotopic (exact) mass is 279 g/mol. The Labute approximate surface area is 119 Å². The Hall–Kier alpha value is -2.01. The van der Waals surface area contributed by atoms with Crippen LogP contribution in [0.5, 0.6) is 11.5 Å². The van der Waals surface area contributed by atoms with Crippen LogP contribution in [-0.2, 0) is 4.79 Å². The van der Waals surface area contributed by atoms with E-state index in [0.717, 1.165) is 5.56 Å². The third kappa shape index (κ3) is 3.99. The molecular formula is C15H21NO4. The van der Waals surface area contributed by atoms with Crippen LogP contribution in [0.3, 0.4) is 0 Å². The molecule has 1 aromatic carbocycles. The van der Waals surface area contributed by atoms with Crippen LogP contribution in [0.15, 0.2) is 30.9 Å². The summed E-state index contributed by atoms with van der Waals surface area (Å²) in [4.78, 5) is 12.7. The first-order valence-corrected chi connectivity index (χ1v) is 6.32. The zero-order valence-corrected chi connectivity index (χ0v) is 12.1. The van der Waals surface area contributed by atoms with Gasteiger partial charge in [0.15, 0.2) is 11.5 Å². The highest BCUT2D eigenvalue weighted by Gasteiger charge is 2.18. The van der Waals surface area contributed by atoms with Crippen molar-refractivity contribution < 1.29 is 19.4 Å². The summed E-state index contributed by atoms with van der Waals surface area (Å²) in [7, 11) is 3.15. The molecule has 0 aliphatic carbocycles. The van der Waals surface area contributed by atoms with Crippen molar-refractivity contribution >= 4 is 5.97 Å². The third-order valence-electron chi connectivity index (χ3n) is 3.14. The average molecular weight is 279 g/mol. The Morgan fingerprint density at radius 2 is 2.05 bits per heavy atom. The molecule has 0 heterocycles. The van der Waals surface area contributed by atoms with Gasteiger partial charge in [0.25, 0.3) is 0 Å². The second-order valence-electron chi connectivity index (χ2n) is 4.40. The van der Waals surface area contributed by atoms with Crippen LogP contribution in [0.2, 0.25) is 0 Å². The van der Waals surface area contributed by atoms with Crippen molar-refractivity contribution in [2.45, 2.75) is 13.0 Å². The Morgan fingerprint density at radius 3 is 2.55 bits per heavy atom. The molecule has 0 aliphatic rings. The van der Waals surface area contributed by atoms with E-state index in [1.807, 2.05) is 30.0 Å².